The topological polar surface area (TPSA) is 70.2 Å². The van der Waals surface area contributed by atoms with E-state index in [0.29, 0.717) is 23.8 Å². The van der Waals surface area contributed by atoms with Crippen molar-refractivity contribution in [1.82, 2.24) is 9.55 Å². The van der Waals surface area contributed by atoms with Gasteiger partial charge in [-0.1, -0.05) is 42.5 Å². The highest BCUT2D eigenvalue weighted by Crippen LogP contribution is 2.32. The van der Waals surface area contributed by atoms with E-state index >= 15 is 0 Å². The fourth-order valence-corrected chi connectivity index (χ4v) is 3.09. The summed E-state index contributed by atoms with van der Waals surface area (Å²) < 4.78 is 7.19. The number of imidazole rings is 1. The van der Waals surface area contributed by atoms with Crippen LogP contribution < -0.4 is 4.74 Å². The number of methoxy groups -OCH3 is 1. The van der Waals surface area contributed by atoms with Crippen LogP contribution in [-0.4, -0.2) is 21.6 Å². The van der Waals surface area contributed by atoms with E-state index in [4.69, 9.17) is 4.74 Å². The van der Waals surface area contributed by atoms with E-state index in [1.165, 1.54) is 5.56 Å². The van der Waals surface area contributed by atoms with E-state index < -0.39 is 4.92 Å². The largest absolute Gasteiger partial charge is 0.497 e. The predicted octanol–water partition coefficient (Wildman–Crippen LogP) is 4.41. The molecule has 1 aromatic heterocycles. The standard InChI is InChI=1S/C20H21N3O3/c1-15-21-20(23(24)25)19(17-11-6-12-18(14-17)26-2)22(15)13-7-10-16-8-4-3-5-9-16/h3-6,8-9,11-12,14H,7,10,13H2,1-2H3. The molecule has 3 rings (SSSR count). The first kappa shape index (κ1) is 17.7. The minimum Gasteiger partial charge on any atom is -0.497 e. The lowest BCUT2D eigenvalue weighted by atomic mass is 10.1. The van der Waals surface area contributed by atoms with Crippen LogP contribution >= 0.6 is 0 Å². The number of benzene rings is 2. The number of rotatable bonds is 7. The van der Waals surface area contributed by atoms with Crippen LogP contribution in [0.4, 0.5) is 5.82 Å². The minimum absolute atomic E-state index is 0.115. The first-order valence-electron chi connectivity index (χ1n) is 8.50. The zero-order valence-corrected chi connectivity index (χ0v) is 14.9. The Hall–Kier alpha value is -3.15. The van der Waals surface area contributed by atoms with E-state index in [9.17, 15) is 10.1 Å². The predicted molar refractivity (Wildman–Crippen MR) is 100 cm³/mol. The molecule has 2 aromatic carbocycles. The Morgan fingerprint density at radius 2 is 1.92 bits per heavy atom. The highest BCUT2D eigenvalue weighted by molar-refractivity contribution is 5.70. The number of nitro groups is 1. The smallest absolute Gasteiger partial charge is 0.390 e. The molecule has 26 heavy (non-hydrogen) atoms. The van der Waals surface area contributed by atoms with Crippen molar-refractivity contribution in [3.8, 4) is 17.0 Å². The summed E-state index contributed by atoms with van der Waals surface area (Å²) in [6.45, 7) is 2.47. The van der Waals surface area contributed by atoms with Gasteiger partial charge in [0.25, 0.3) is 0 Å². The molecule has 3 aromatic rings. The van der Waals surface area contributed by atoms with E-state index in [0.717, 1.165) is 18.4 Å². The van der Waals surface area contributed by atoms with Crippen LogP contribution in [0.5, 0.6) is 5.75 Å². The maximum absolute atomic E-state index is 11.5. The van der Waals surface area contributed by atoms with Crippen LogP contribution in [0, 0.1) is 17.0 Å². The number of hydrogen-bond acceptors (Lipinski definition) is 4. The van der Waals surface area contributed by atoms with E-state index in [2.05, 4.69) is 17.1 Å². The van der Waals surface area contributed by atoms with Gasteiger partial charge < -0.3 is 19.4 Å². The van der Waals surface area contributed by atoms with Crippen molar-refractivity contribution in [3.63, 3.8) is 0 Å². The lowest BCUT2D eigenvalue weighted by molar-refractivity contribution is -0.388. The Morgan fingerprint density at radius 1 is 1.15 bits per heavy atom. The number of aryl methyl sites for hydroxylation is 2. The minimum atomic E-state index is -0.421. The maximum Gasteiger partial charge on any atom is 0.390 e. The molecule has 0 spiro atoms. The zero-order chi connectivity index (χ0) is 18.5. The zero-order valence-electron chi connectivity index (χ0n) is 14.9. The fourth-order valence-electron chi connectivity index (χ4n) is 3.09. The average Bonchev–Trinajstić information content (AvgIpc) is 2.99. The van der Waals surface area contributed by atoms with Crippen molar-refractivity contribution in [3.05, 3.63) is 76.1 Å². The van der Waals surface area contributed by atoms with Gasteiger partial charge in [0, 0.05) is 19.0 Å². The molecule has 0 N–H and O–H groups in total. The van der Waals surface area contributed by atoms with Crippen LogP contribution in [0.2, 0.25) is 0 Å². The van der Waals surface area contributed by atoms with Gasteiger partial charge in [0.15, 0.2) is 5.69 Å². The summed E-state index contributed by atoms with van der Waals surface area (Å²) >= 11 is 0. The molecule has 0 bridgehead atoms. The highest BCUT2D eigenvalue weighted by atomic mass is 16.6. The van der Waals surface area contributed by atoms with Crippen molar-refractivity contribution in [2.24, 2.45) is 0 Å². The second-order valence-electron chi connectivity index (χ2n) is 6.06. The van der Waals surface area contributed by atoms with Crippen LogP contribution in [0.3, 0.4) is 0 Å². The van der Waals surface area contributed by atoms with Gasteiger partial charge in [-0.15, -0.1) is 0 Å². The molecule has 0 amide bonds. The van der Waals surface area contributed by atoms with Gasteiger partial charge in [-0.2, -0.15) is 0 Å². The second-order valence-corrected chi connectivity index (χ2v) is 6.06. The number of nitrogens with zero attached hydrogens (tertiary/aromatic N) is 3. The maximum atomic E-state index is 11.5. The third-order valence-corrected chi connectivity index (χ3v) is 4.35. The Labute approximate surface area is 152 Å². The molecule has 0 aliphatic rings. The van der Waals surface area contributed by atoms with Crippen LogP contribution in [0.1, 0.15) is 17.8 Å². The molecule has 0 unspecified atom stereocenters. The van der Waals surface area contributed by atoms with Crippen LogP contribution in [0.15, 0.2) is 54.6 Å². The lowest BCUT2D eigenvalue weighted by Gasteiger charge is -2.10. The third-order valence-electron chi connectivity index (χ3n) is 4.35. The Kier molecular flexibility index (Phi) is 5.31. The molecular weight excluding hydrogens is 330 g/mol. The van der Waals surface area contributed by atoms with Crippen LogP contribution in [0.25, 0.3) is 11.3 Å². The number of hydrogen-bond donors (Lipinski definition) is 0. The monoisotopic (exact) mass is 351 g/mol. The van der Waals surface area contributed by atoms with Gasteiger partial charge in [0.2, 0.25) is 5.82 Å². The highest BCUT2D eigenvalue weighted by Gasteiger charge is 2.26. The second kappa shape index (κ2) is 7.82. The van der Waals surface area contributed by atoms with E-state index in [1.807, 2.05) is 41.0 Å². The molecule has 0 saturated carbocycles. The number of aromatic nitrogens is 2. The lowest BCUT2D eigenvalue weighted by Crippen LogP contribution is -2.05. The average molecular weight is 351 g/mol. The number of ether oxygens (including phenoxy) is 1. The van der Waals surface area contributed by atoms with Crippen molar-refractivity contribution in [2.75, 3.05) is 7.11 Å². The summed E-state index contributed by atoms with van der Waals surface area (Å²) in [6, 6.07) is 17.5. The fraction of sp³-hybridized carbons (Fsp3) is 0.250. The van der Waals surface area contributed by atoms with Crippen molar-refractivity contribution in [2.45, 2.75) is 26.3 Å². The molecule has 0 fully saturated rings. The summed E-state index contributed by atoms with van der Waals surface area (Å²) in [6.07, 6.45) is 1.78. The summed E-state index contributed by atoms with van der Waals surface area (Å²) in [7, 11) is 1.58. The summed E-state index contributed by atoms with van der Waals surface area (Å²) in [5.41, 5.74) is 2.51. The molecular formula is C20H21N3O3. The molecule has 0 radical (unpaired) electrons. The SMILES string of the molecule is COc1cccc(-c2c([N+](=O)[O-])nc(C)n2CCCc2ccccc2)c1. The molecule has 134 valence electrons. The molecule has 6 heteroatoms. The Bertz CT molecular complexity index is 904. The normalized spacial score (nSPS) is 10.7. The Morgan fingerprint density at radius 3 is 2.62 bits per heavy atom. The van der Waals surface area contributed by atoms with Crippen LogP contribution in [-0.2, 0) is 13.0 Å². The molecule has 0 aliphatic carbocycles. The van der Waals surface area contributed by atoms with E-state index in [1.54, 1.807) is 20.1 Å². The third kappa shape index (κ3) is 3.74. The molecule has 0 saturated heterocycles. The molecule has 0 aliphatic heterocycles. The molecule has 6 nitrogen and oxygen atoms in total. The molecule has 0 atom stereocenters. The van der Waals surface area contributed by atoms with Crippen molar-refractivity contribution >= 4 is 5.82 Å². The van der Waals surface area contributed by atoms with Crippen molar-refractivity contribution < 1.29 is 9.66 Å². The molecule has 1 heterocycles. The van der Waals surface area contributed by atoms with E-state index in [-0.39, 0.29) is 5.82 Å². The Balaban J connectivity index is 1.92. The quantitative estimate of drug-likeness (QED) is 0.467. The van der Waals surface area contributed by atoms with Gasteiger partial charge in [0.1, 0.15) is 5.75 Å². The van der Waals surface area contributed by atoms with Gasteiger partial charge in [0.05, 0.1) is 7.11 Å². The van der Waals surface area contributed by atoms with Gasteiger partial charge in [-0.3, -0.25) is 0 Å². The first-order chi connectivity index (χ1) is 12.6. The van der Waals surface area contributed by atoms with Gasteiger partial charge in [-0.25, -0.2) is 0 Å². The first-order valence-corrected chi connectivity index (χ1v) is 8.50. The van der Waals surface area contributed by atoms with Gasteiger partial charge >= 0.3 is 5.82 Å². The summed E-state index contributed by atoms with van der Waals surface area (Å²) in [4.78, 5) is 15.3. The van der Waals surface area contributed by atoms with Gasteiger partial charge in [-0.05, 0) is 40.4 Å². The summed E-state index contributed by atoms with van der Waals surface area (Å²) in [5, 5.41) is 11.5. The van der Waals surface area contributed by atoms with Crippen molar-refractivity contribution in [1.29, 1.82) is 0 Å². The summed E-state index contributed by atoms with van der Waals surface area (Å²) in [5.74, 6) is 1.18.